The summed E-state index contributed by atoms with van der Waals surface area (Å²) in [5, 5.41) is 0.784. The number of hydrogen-bond donors (Lipinski definition) is 0. The van der Waals surface area contributed by atoms with Crippen molar-refractivity contribution < 1.29 is 4.48 Å². The van der Waals surface area contributed by atoms with Crippen molar-refractivity contribution in [2.45, 2.75) is 19.1 Å². The van der Waals surface area contributed by atoms with E-state index in [0.29, 0.717) is 0 Å². The Hall–Kier alpha value is 0.310. The molecule has 0 aliphatic rings. The molecule has 0 spiro atoms. The highest BCUT2D eigenvalue weighted by molar-refractivity contribution is 7.99. The highest BCUT2D eigenvalue weighted by atomic mass is 32.2. The summed E-state index contributed by atoms with van der Waals surface area (Å²) in [4.78, 5) is 0. The quantitative estimate of drug-likeness (QED) is 0.568. The van der Waals surface area contributed by atoms with Crippen molar-refractivity contribution in [3.8, 4) is 0 Å². The van der Waals surface area contributed by atoms with Crippen molar-refractivity contribution in [2.75, 3.05) is 33.4 Å². The zero-order valence-corrected chi connectivity index (χ0v) is 8.66. The van der Waals surface area contributed by atoms with E-state index in [9.17, 15) is 0 Å². The van der Waals surface area contributed by atoms with Gasteiger partial charge in [-0.05, 0) is 5.25 Å². The Bertz CT molecular complexity index is 83.7. The van der Waals surface area contributed by atoms with Gasteiger partial charge in [0.2, 0.25) is 0 Å². The first-order valence-corrected chi connectivity index (χ1v) is 4.89. The van der Waals surface area contributed by atoms with Gasteiger partial charge in [-0.15, -0.1) is 0 Å². The number of nitrogens with zero attached hydrogens (tertiary/aromatic N) is 1. The van der Waals surface area contributed by atoms with Crippen LogP contribution >= 0.6 is 11.8 Å². The van der Waals surface area contributed by atoms with E-state index in [2.05, 4.69) is 35.0 Å². The average Bonchev–Trinajstić information content (AvgIpc) is 1.59. The zero-order valence-electron chi connectivity index (χ0n) is 7.85. The molecule has 0 bridgehead atoms. The van der Waals surface area contributed by atoms with Crippen molar-refractivity contribution in [1.82, 2.24) is 0 Å². The topological polar surface area (TPSA) is 0 Å². The van der Waals surface area contributed by atoms with Gasteiger partial charge in [-0.3, -0.25) is 0 Å². The van der Waals surface area contributed by atoms with Gasteiger partial charge in [-0.25, -0.2) is 0 Å². The molecule has 0 saturated heterocycles. The molecule has 0 N–H and O–H groups in total. The van der Waals surface area contributed by atoms with Crippen molar-refractivity contribution in [3.63, 3.8) is 0 Å². The summed E-state index contributed by atoms with van der Waals surface area (Å²) in [5.74, 6) is 1.28. The molecule has 0 fully saturated rings. The smallest absolute Gasteiger partial charge is 0.0872 e. The molecule has 1 nitrogen and oxygen atoms in total. The lowest BCUT2D eigenvalue weighted by Crippen LogP contribution is -2.36. The van der Waals surface area contributed by atoms with Gasteiger partial charge in [-0.2, -0.15) is 11.8 Å². The number of quaternary nitrogens is 1. The van der Waals surface area contributed by atoms with Crippen LogP contribution in [0.25, 0.3) is 0 Å². The molecule has 0 amide bonds. The standard InChI is InChI=1S/C8H20NS/c1-8(2)10-7-6-9(3,4)5/h8H,6-7H2,1-5H3/q+1. The molecule has 2 heteroatoms. The minimum atomic E-state index is 0.784. The molecule has 0 aromatic heterocycles. The molecule has 62 valence electrons. The molecular formula is C8H20NS+. The van der Waals surface area contributed by atoms with E-state index in [4.69, 9.17) is 0 Å². The molecule has 0 saturated carbocycles. The lowest BCUT2D eigenvalue weighted by molar-refractivity contribution is -0.867. The summed E-state index contributed by atoms with van der Waals surface area (Å²) in [6.07, 6.45) is 0. The van der Waals surface area contributed by atoms with Crippen LogP contribution in [0.15, 0.2) is 0 Å². The molecule has 10 heavy (non-hydrogen) atoms. The normalized spacial score (nSPS) is 12.6. The number of thioether (sulfide) groups is 1. The lowest BCUT2D eigenvalue weighted by atomic mass is 10.6. The van der Waals surface area contributed by atoms with Gasteiger partial charge in [-0.1, -0.05) is 13.8 Å². The van der Waals surface area contributed by atoms with Crippen LogP contribution in [0.3, 0.4) is 0 Å². The summed E-state index contributed by atoms with van der Waals surface area (Å²) >= 11 is 2.04. The third-order valence-electron chi connectivity index (χ3n) is 1.21. The summed E-state index contributed by atoms with van der Waals surface area (Å²) in [7, 11) is 6.71. The van der Waals surface area contributed by atoms with E-state index >= 15 is 0 Å². The van der Waals surface area contributed by atoms with E-state index in [-0.39, 0.29) is 0 Å². The molecule has 0 aromatic carbocycles. The molecular weight excluding hydrogens is 142 g/mol. The molecule has 0 heterocycles. The van der Waals surface area contributed by atoms with E-state index in [0.717, 1.165) is 9.73 Å². The van der Waals surface area contributed by atoms with Gasteiger partial charge in [0, 0.05) is 5.75 Å². The lowest BCUT2D eigenvalue weighted by Gasteiger charge is -2.23. The van der Waals surface area contributed by atoms with Crippen LogP contribution in [0.2, 0.25) is 0 Å². The molecule has 0 aromatic rings. The highest BCUT2D eigenvalue weighted by Gasteiger charge is 2.06. The van der Waals surface area contributed by atoms with Crippen LogP contribution in [-0.4, -0.2) is 43.2 Å². The van der Waals surface area contributed by atoms with Gasteiger partial charge >= 0.3 is 0 Å². The Morgan fingerprint density at radius 1 is 1.20 bits per heavy atom. The first-order chi connectivity index (χ1) is 4.42. The predicted octanol–water partition coefficient (Wildman–Crippen LogP) is 1.83. The molecule has 0 radical (unpaired) electrons. The number of rotatable bonds is 4. The molecule has 0 aliphatic carbocycles. The van der Waals surface area contributed by atoms with Crippen molar-refractivity contribution in [1.29, 1.82) is 0 Å². The number of hydrogen-bond acceptors (Lipinski definition) is 1. The van der Waals surface area contributed by atoms with Crippen LogP contribution in [-0.2, 0) is 0 Å². The highest BCUT2D eigenvalue weighted by Crippen LogP contribution is 2.09. The van der Waals surface area contributed by atoms with Crippen LogP contribution in [0.1, 0.15) is 13.8 Å². The van der Waals surface area contributed by atoms with E-state index < -0.39 is 0 Å². The zero-order chi connectivity index (χ0) is 8.20. The van der Waals surface area contributed by atoms with E-state index in [1.165, 1.54) is 12.3 Å². The maximum Gasteiger partial charge on any atom is 0.0872 e. The van der Waals surface area contributed by atoms with Crippen LogP contribution < -0.4 is 0 Å². The van der Waals surface area contributed by atoms with Gasteiger partial charge in [0.05, 0.1) is 27.7 Å². The van der Waals surface area contributed by atoms with Crippen molar-refractivity contribution in [3.05, 3.63) is 0 Å². The summed E-state index contributed by atoms with van der Waals surface area (Å²) in [5.41, 5.74) is 0. The molecule has 0 rings (SSSR count). The van der Waals surface area contributed by atoms with Gasteiger partial charge in [0.15, 0.2) is 0 Å². The Morgan fingerprint density at radius 2 is 1.70 bits per heavy atom. The second-order valence-electron chi connectivity index (χ2n) is 3.93. The fourth-order valence-electron chi connectivity index (χ4n) is 0.562. The Labute approximate surface area is 69.4 Å². The van der Waals surface area contributed by atoms with E-state index in [1.807, 2.05) is 11.8 Å². The first kappa shape index (κ1) is 10.3. The first-order valence-electron chi connectivity index (χ1n) is 3.84. The second kappa shape index (κ2) is 4.24. The Morgan fingerprint density at radius 3 is 2.00 bits per heavy atom. The van der Waals surface area contributed by atoms with Gasteiger partial charge in [0.1, 0.15) is 0 Å². The Balaban J connectivity index is 3.21. The molecule has 0 atom stereocenters. The summed E-state index contributed by atoms with van der Waals surface area (Å²) in [6, 6.07) is 0. The fraction of sp³-hybridized carbons (Fsp3) is 1.00. The fourth-order valence-corrected chi connectivity index (χ4v) is 1.69. The van der Waals surface area contributed by atoms with Crippen LogP contribution in [0, 0.1) is 0 Å². The van der Waals surface area contributed by atoms with Crippen molar-refractivity contribution >= 4 is 11.8 Å². The van der Waals surface area contributed by atoms with Crippen molar-refractivity contribution in [2.24, 2.45) is 0 Å². The second-order valence-corrected chi connectivity index (χ2v) is 5.62. The van der Waals surface area contributed by atoms with Gasteiger partial charge in [0.25, 0.3) is 0 Å². The monoisotopic (exact) mass is 162 g/mol. The largest absolute Gasteiger partial charge is 0.330 e. The van der Waals surface area contributed by atoms with Crippen LogP contribution in [0.4, 0.5) is 0 Å². The molecule has 0 unspecified atom stereocenters. The summed E-state index contributed by atoms with van der Waals surface area (Å²) < 4.78 is 1.08. The Kier molecular flexibility index (Phi) is 4.37. The average molecular weight is 162 g/mol. The van der Waals surface area contributed by atoms with E-state index in [1.54, 1.807) is 0 Å². The summed E-state index contributed by atoms with van der Waals surface area (Å²) in [6.45, 7) is 5.77. The third-order valence-corrected chi connectivity index (χ3v) is 2.30. The predicted molar refractivity (Wildman–Crippen MR) is 50.5 cm³/mol. The maximum atomic E-state index is 2.25. The van der Waals surface area contributed by atoms with Crippen LogP contribution in [0.5, 0.6) is 0 Å². The third kappa shape index (κ3) is 8.31. The minimum absolute atomic E-state index is 0.784. The maximum absolute atomic E-state index is 2.25. The van der Waals surface area contributed by atoms with Gasteiger partial charge < -0.3 is 4.48 Å². The SMILES string of the molecule is CC(C)SCC[N+](C)(C)C. The molecule has 0 aliphatic heterocycles. The minimum Gasteiger partial charge on any atom is -0.330 e.